The molecule has 0 amide bonds. The first-order valence-electron chi connectivity index (χ1n) is 5.05. The second-order valence-electron chi connectivity index (χ2n) is 3.78. The van der Waals surface area contributed by atoms with E-state index in [0.29, 0.717) is 0 Å². The van der Waals surface area contributed by atoms with Crippen molar-refractivity contribution in [2.24, 2.45) is 5.84 Å². The molecule has 1 rings (SSSR count). The third kappa shape index (κ3) is 3.30. The normalized spacial score (nSPS) is 13.7. The predicted molar refractivity (Wildman–Crippen MR) is 68.6 cm³/mol. The van der Waals surface area contributed by atoms with Crippen LogP contribution in [0.25, 0.3) is 0 Å². The molecule has 1 atom stereocenters. The van der Waals surface area contributed by atoms with Crippen LogP contribution in [0.1, 0.15) is 6.92 Å². The Morgan fingerprint density at radius 1 is 1.67 bits per heavy atom. The molecule has 1 heterocycles. The van der Waals surface area contributed by atoms with Crippen molar-refractivity contribution in [1.29, 1.82) is 0 Å². The fourth-order valence-electron chi connectivity index (χ4n) is 1.32. The minimum Gasteiger partial charge on any atom is -0.392 e. The zero-order chi connectivity index (χ0) is 13.9. The molecule has 0 aliphatic carbocycles. The van der Waals surface area contributed by atoms with Crippen molar-refractivity contribution < 1.29 is 13.5 Å². The number of aromatic nitrogens is 1. The molecule has 1 aromatic rings. The fourth-order valence-corrected chi connectivity index (χ4v) is 2.83. The zero-order valence-corrected chi connectivity index (χ0v) is 11.5. The summed E-state index contributed by atoms with van der Waals surface area (Å²) in [7, 11) is -2.36. The number of pyridine rings is 1. The number of hydrazine groups is 1. The van der Waals surface area contributed by atoms with Gasteiger partial charge in [0.05, 0.1) is 11.1 Å². The average molecular weight is 295 g/mol. The number of hydrogen-bond donors (Lipinski definition) is 3. The Balaban J connectivity index is 3.09. The van der Waals surface area contributed by atoms with Gasteiger partial charge in [-0.15, -0.1) is 0 Å². The first-order valence-corrected chi connectivity index (χ1v) is 6.87. The van der Waals surface area contributed by atoms with Crippen LogP contribution in [-0.2, 0) is 10.0 Å². The van der Waals surface area contributed by atoms with Crippen LogP contribution in [0.5, 0.6) is 0 Å². The van der Waals surface area contributed by atoms with Gasteiger partial charge in [-0.3, -0.25) is 0 Å². The molecular weight excluding hydrogens is 280 g/mol. The summed E-state index contributed by atoms with van der Waals surface area (Å²) in [5, 5.41) is 9.30. The second-order valence-corrected chi connectivity index (χ2v) is 6.23. The van der Waals surface area contributed by atoms with E-state index in [1.54, 1.807) is 0 Å². The smallest absolute Gasteiger partial charge is 0.244 e. The standard InChI is InChI=1S/C9H15ClN4O3S/c1-6(15)5-14(2)18(16,17)7-3-8(10)9(13-11)12-4-7/h3-4,6,15H,5,11H2,1-2H3,(H,12,13). The van der Waals surface area contributed by atoms with E-state index in [9.17, 15) is 13.5 Å². The van der Waals surface area contributed by atoms with Crippen molar-refractivity contribution in [2.45, 2.75) is 17.9 Å². The highest BCUT2D eigenvalue weighted by molar-refractivity contribution is 7.89. The van der Waals surface area contributed by atoms with Crippen LogP contribution in [0.15, 0.2) is 17.2 Å². The van der Waals surface area contributed by atoms with Gasteiger partial charge in [0.25, 0.3) is 0 Å². The Morgan fingerprint density at radius 2 is 2.28 bits per heavy atom. The Kier molecular flexibility index (Phi) is 4.88. The van der Waals surface area contributed by atoms with Gasteiger partial charge >= 0.3 is 0 Å². The number of nitrogens with two attached hydrogens (primary N) is 1. The van der Waals surface area contributed by atoms with Crippen molar-refractivity contribution in [3.8, 4) is 0 Å². The SMILES string of the molecule is CC(O)CN(C)S(=O)(=O)c1cnc(NN)c(Cl)c1. The molecule has 0 spiro atoms. The van der Waals surface area contributed by atoms with Crippen LogP contribution in [0.3, 0.4) is 0 Å². The van der Waals surface area contributed by atoms with E-state index in [2.05, 4.69) is 10.4 Å². The summed E-state index contributed by atoms with van der Waals surface area (Å²) in [6.45, 7) is 1.48. The van der Waals surface area contributed by atoms with Crippen molar-refractivity contribution in [2.75, 3.05) is 19.0 Å². The zero-order valence-electron chi connectivity index (χ0n) is 9.96. The second kappa shape index (κ2) is 5.81. The van der Waals surface area contributed by atoms with Gasteiger partial charge in [0.15, 0.2) is 5.82 Å². The van der Waals surface area contributed by atoms with Gasteiger partial charge in [-0.2, -0.15) is 4.31 Å². The quantitative estimate of drug-likeness (QED) is 0.522. The highest BCUT2D eigenvalue weighted by Gasteiger charge is 2.23. The minimum absolute atomic E-state index is 0.0170. The number of aliphatic hydroxyl groups is 1. The Labute approximate surface area is 111 Å². The molecular formula is C9H15ClN4O3S. The maximum Gasteiger partial charge on any atom is 0.244 e. The first-order chi connectivity index (χ1) is 8.28. The van der Waals surface area contributed by atoms with E-state index < -0.39 is 16.1 Å². The maximum atomic E-state index is 12.1. The molecule has 0 aliphatic rings. The van der Waals surface area contributed by atoms with Crippen LogP contribution < -0.4 is 11.3 Å². The van der Waals surface area contributed by atoms with E-state index in [1.165, 1.54) is 20.0 Å². The van der Waals surface area contributed by atoms with E-state index in [1.807, 2.05) is 0 Å². The molecule has 102 valence electrons. The van der Waals surface area contributed by atoms with Crippen LogP contribution in [0.2, 0.25) is 5.02 Å². The summed E-state index contributed by atoms with van der Waals surface area (Å²) in [6, 6.07) is 1.25. The predicted octanol–water partition coefficient (Wildman–Crippen LogP) is 0.0219. The number of anilines is 1. The fraction of sp³-hybridized carbons (Fsp3) is 0.444. The lowest BCUT2D eigenvalue weighted by atomic mass is 10.4. The number of rotatable bonds is 5. The molecule has 0 bridgehead atoms. The monoisotopic (exact) mass is 294 g/mol. The van der Waals surface area contributed by atoms with Gasteiger partial charge in [0, 0.05) is 19.8 Å². The summed E-state index contributed by atoms with van der Waals surface area (Å²) in [6.07, 6.45) is 0.382. The highest BCUT2D eigenvalue weighted by atomic mass is 35.5. The lowest BCUT2D eigenvalue weighted by Crippen LogP contribution is -2.33. The Hall–Kier alpha value is -0.930. The number of aliphatic hydroxyl groups excluding tert-OH is 1. The maximum absolute atomic E-state index is 12.1. The third-order valence-electron chi connectivity index (χ3n) is 2.18. The number of hydrogen-bond acceptors (Lipinski definition) is 6. The van der Waals surface area contributed by atoms with Gasteiger partial charge in [0.1, 0.15) is 4.90 Å². The molecule has 0 fully saturated rings. The molecule has 0 radical (unpaired) electrons. The lowest BCUT2D eigenvalue weighted by molar-refractivity contribution is 0.171. The largest absolute Gasteiger partial charge is 0.392 e. The molecule has 1 aromatic heterocycles. The van der Waals surface area contributed by atoms with Gasteiger partial charge in [-0.05, 0) is 13.0 Å². The molecule has 18 heavy (non-hydrogen) atoms. The van der Waals surface area contributed by atoms with Crippen molar-refractivity contribution in [1.82, 2.24) is 9.29 Å². The van der Waals surface area contributed by atoms with Crippen LogP contribution in [0.4, 0.5) is 5.82 Å². The van der Waals surface area contributed by atoms with E-state index >= 15 is 0 Å². The van der Waals surface area contributed by atoms with Crippen molar-refractivity contribution in [3.63, 3.8) is 0 Å². The minimum atomic E-state index is -3.72. The number of halogens is 1. The number of nitrogens with one attached hydrogen (secondary N) is 1. The summed E-state index contributed by atoms with van der Waals surface area (Å²) < 4.78 is 25.2. The van der Waals surface area contributed by atoms with Crippen LogP contribution in [-0.4, -0.2) is 42.5 Å². The molecule has 7 nitrogen and oxygen atoms in total. The van der Waals surface area contributed by atoms with E-state index in [-0.39, 0.29) is 22.3 Å². The van der Waals surface area contributed by atoms with Crippen molar-refractivity contribution in [3.05, 3.63) is 17.3 Å². The topological polar surface area (TPSA) is 109 Å². The Bertz CT molecular complexity index is 521. The number of likely N-dealkylation sites (N-methyl/N-ethyl adjacent to an activating group) is 1. The summed E-state index contributed by atoms with van der Waals surface area (Å²) in [4.78, 5) is 3.73. The first kappa shape index (κ1) is 15.1. The molecule has 4 N–H and O–H groups in total. The van der Waals surface area contributed by atoms with Gasteiger partial charge in [0.2, 0.25) is 10.0 Å². The van der Waals surface area contributed by atoms with E-state index in [0.717, 1.165) is 10.5 Å². The summed E-state index contributed by atoms with van der Waals surface area (Å²) in [5.41, 5.74) is 2.24. The van der Waals surface area contributed by atoms with Crippen LogP contribution >= 0.6 is 11.6 Å². The third-order valence-corrected chi connectivity index (χ3v) is 4.26. The molecule has 0 saturated heterocycles. The number of nitrogen functional groups attached to an aromatic ring is 1. The van der Waals surface area contributed by atoms with Crippen LogP contribution in [0, 0.1) is 0 Å². The molecule has 1 unspecified atom stereocenters. The molecule has 0 aromatic carbocycles. The number of sulfonamides is 1. The molecule has 0 saturated carbocycles. The van der Waals surface area contributed by atoms with Gasteiger partial charge < -0.3 is 10.5 Å². The number of nitrogens with zero attached hydrogens (tertiary/aromatic N) is 2. The Morgan fingerprint density at radius 3 is 2.72 bits per heavy atom. The average Bonchev–Trinajstić information content (AvgIpc) is 2.27. The van der Waals surface area contributed by atoms with Gasteiger partial charge in [-0.1, -0.05) is 11.6 Å². The summed E-state index contributed by atoms with van der Waals surface area (Å²) in [5.74, 6) is 5.33. The summed E-state index contributed by atoms with van der Waals surface area (Å²) >= 11 is 5.81. The molecule has 0 aliphatic heterocycles. The lowest BCUT2D eigenvalue weighted by Gasteiger charge is -2.18. The van der Waals surface area contributed by atoms with Gasteiger partial charge in [-0.25, -0.2) is 19.2 Å². The highest BCUT2D eigenvalue weighted by Crippen LogP contribution is 2.23. The van der Waals surface area contributed by atoms with E-state index in [4.69, 9.17) is 17.4 Å². The van der Waals surface area contributed by atoms with Crippen molar-refractivity contribution >= 4 is 27.4 Å². The molecule has 9 heteroatoms.